The predicted molar refractivity (Wildman–Crippen MR) is 60.1 cm³/mol. The first kappa shape index (κ1) is 13.5. The van der Waals surface area contributed by atoms with E-state index in [0.717, 1.165) is 0 Å². The van der Waals surface area contributed by atoms with Crippen LogP contribution in [-0.4, -0.2) is 35.5 Å². The number of carbonyl (C=O) groups is 3. The van der Waals surface area contributed by atoms with Crippen molar-refractivity contribution in [1.29, 1.82) is 0 Å². The molecule has 1 fully saturated rings. The monoisotopic (exact) mass is 242 g/mol. The zero-order valence-electron chi connectivity index (χ0n) is 10.0. The summed E-state index contributed by atoms with van der Waals surface area (Å²) < 4.78 is 0. The molecular weight excluding hydrogens is 224 g/mol. The molecule has 1 unspecified atom stereocenters. The van der Waals surface area contributed by atoms with Crippen LogP contribution in [0.2, 0.25) is 0 Å². The Kier molecular flexibility index (Phi) is 4.48. The van der Waals surface area contributed by atoms with Crippen LogP contribution in [0.3, 0.4) is 0 Å². The molecule has 0 spiro atoms. The van der Waals surface area contributed by atoms with E-state index in [9.17, 15) is 14.4 Å². The summed E-state index contributed by atoms with van der Waals surface area (Å²) in [5.74, 6) is -2.01. The van der Waals surface area contributed by atoms with E-state index >= 15 is 0 Å². The molecule has 17 heavy (non-hydrogen) atoms. The van der Waals surface area contributed by atoms with Gasteiger partial charge in [0.05, 0.1) is 5.92 Å². The van der Waals surface area contributed by atoms with Crippen LogP contribution in [0, 0.1) is 11.8 Å². The van der Waals surface area contributed by atoms with E-state index in [1.807, 2.05) is 0 Å². The minimum absolute atomic E-state index is 0.0500. The van der Waals surface area contributed by atoms with E-state index < -0.39 is 17.9 Å². The molecule has 0 aromatic heterocycles. The van der Waals surface area contributed by atoms with Crippen molar-refractivity contribution in [2.75, 3.05) is 6.54 Å². The molecule has 0 radical (unpaired) electrons. The van der Waals surface area contributed by atoms with Gasteiger partial charge in [-0.05, 0) is 12.3 Å². The highest BCUT2D eigenvalue weighted by Gasteiger charge is 2.28. The van der Waals surface area contributed by atoms with Crippen LogP contribution in [0.25, 0.3) is 0 Å². The highest BCUT2D eigenvalue weighted by atomic mass is 16.4. The molecular formula is C11H18N2O4. The Morgan fingerprint density at radius 2 is 2.18 bits per heavy atom. The van der Waals surface area contributed by atoms with Crippen molar-refractivity contribution in [3.8, 4) is 0 Å². The van der Waals surface area contributed by atoms with Gasteiger partial charge in [-0.1, -0.05) is 13.8 Å². The van der Waals surface area contributed by atoms with Crippen LogP contribution in [-0.2, 0) is 14.4 Å². The zero-order valence-corrected chi connectivity index (χ0v) is 10.0. The number of amides is 2. The SMILES string of the molecule is CC(C)C(CNC(=O)[C@H]1CCC(=O)N1)C(=O)O. The standard InChI is InChI=1S/C11H18N2O4/c1-6(2)7(11(16)17)5-12-10(15)8-3-4-9(14)13-8/h6-8H,3-5H2,1-2H3,(H,12,15)(H,13,14)(H,16,17)/t7?,8-/m1/s1. The minimum Gasteiger partial charge on any atom is -0.481 e. The van der Waals surface area contributed by atoms with Gasteiger partial charge in [-0.3, -0.25) is 14.4 Å². The summed E-state index contributed by atoms with van der Waals surface area (Å²) in [7, 11) is 0. The maximum Gasteiger partial charge on any atom is 0.308 e. The van der Waals surface area contributed by atoms with E-state index in [1.54, 1.807) is 13.8 Å². The van der Waals surface area contributed by atoms with Gasteiger partial charge >= 0.3 is 5.97 Å². The summed E-state index contributed by atoms with van der Waals surface area (Å²) in [4.78, 5) is 33.5. The predicted octanol–water partition coefficient (Wildman–Crippen LogP) is -0.262. The number of hydrogen-bond donors (Lipinski definition) is 3. The van der Waals surface area contributed by atoms with E-state index in [0.29, 0.717) is 12.8 Å². The van der Waals surface area contributed by atoms with Crippen LogP contribution >= 0.6 is 0 Å². The third-order valence-corrected chi connectivity index (χ3v) is 2.93. The average Bonchev–Trinajstić information content (AvgIpc) is 2.63. The molecule has 0 aliphatic carbocycles. The second-order valence-electron chi connectivity index (χ2n) is 4.59. The van der Waals surface area contributed by atoms with Gasteiger partial charge in [0, 0.05) is 13.0 Å². The third-order valence-electron chi connectivity index (χ3n) is 2.93. The summed E-state index contributed by atoms with van der Waals surface area (Å²) in [5, 5.41) is 14.1. The van der Waals surface area contributed by atoms with Gasteiger partial charge < -0.3 is 15.7 Å². The summed E-state index contributed by atoms with van der Waals surface area (Å²) in [6.45, 7) is 3.68. The Morgan fingerprint density at radius 1 is 1.53 bits per heavy atom. The fraction of sp³-hybridized carbons (Fsp3) is 0.727. The molecule has 6 nitrogen and oxygen atoms in total. The van der Waals surface area contributed by atoms with E-state index in [1.165, 1.54) is 0 Å². The lowest BCUT2D eigenvalue weighted by Crippen LogP contribution is -2.44. The van der Waals surface area contributed by atoms with Gasteiger partial charge in [0.25, 0.3) is 0 Å². The number of carboxylic acid groups (broad SMARTS) is 1. The van der Waals surface area contributed by atoms with Crippen molar-refractivity contribution < 1.29 is 19.5 Å². The van der Waals surface area contributed by atoms with Crippen molar-refractivity contribution in [3.63, 3.8) is 0 Å². The molecule has 96 valence electrons. The van der Waals surface area contributed by atoms with Gasteiger partial charge in [0.15, 0.2) is 0 Å². The summed E-state index contributed by atoms with van der Waals surface area (Å²) >= 11 is 0. The molecule has 6 heteroatoms. The molecule has 0 aromatic carbocycles. The molecule has 1 aliphatic heterocycles. The zero-order chi connectivity index (χ0) is 13.0. The molecule has 1 rings (SSSR count). The van der Waals surface area contributed by atoms with Crippen LogP contribution in [0.4, 0.5) is 0 Å². The second-order valence-corrected chi connectivity index (χ2v) is 4.59. The summed E-state index contributed by atoms with van der Waals surface area (Å²) in [6, 6.07) is -0.510. The Morgan fingerprint density at radius 3 is 2.59 bits per heavy atom. The number of nitrogens with one attached hydrogen (secondary N) is 2. The first-order chi connectivity index (χ1) is 7.91. The summed E-state index contributed by atoms with van der Waals surface area (Å²) in [5.41, 5.74) is 0. The molecule has 2 amide bonds. The van der Waals surface area contributed by atoms with Gasteiger partial charge in [0.2, 0.25) is 11.8 Å². The Labute approximate surface area is 99.8 Å². The number of hydrogen-bond acceptors (Lipinski definition) is 3. The maximum absolute atomic E-state index is 11.6. The first-order valence-corrected chi connectivity index (χ1v) is 5.71. The highest BCUT2D eigenvalue weighted by Crippen LogP contribution is 2.11. The molecule has 1 aliphatic rings. The highest BCUT2D eigenvalue weighted by molar-refractivity contribution is 5.90. The van der Waals surface area contributed by atoms with Gasteiger partial charge in [-0.25, -0.2) is 0 Å². The van der Waals surface area contributed by atoms with E-state index in [4.69, 9.17) is 5.11 Å². The quantitative estimate of drug-likeness (QED) is 0.619. The van der Waals surface area contributed by atoms with E-state index in [-0.39, 0.29) is 24.3 Å². The molecule has 2 atom stereocenters. The number of carboxylic acids is 1. The lowest BCUT2D eigenvalue weighted by molar-refractivity contribution is -0.143. The van der Waals surface area contributed by atoms with Gasteiger partial charge in [-0.2, -0.15) is 0 Å². The number of carbonyl (C=O) groups excluding carboxylic acids is 2. The van der Waals surface area contributed by atoms with Crippen LogP contribution in [0.1, 0.15) is 26.7 Å². The molecule has 1 saturated heterocycles. The maximum atomic E-state index is 11.6. The molecule has 0 saturated carbocycles. The summed E-state index contributed by atoms with van der Waals surface area (Å²) in [6.07, 6.45) is 0.828. The van der Waals surface area contributed by atoms with Crippen molar-refractivity contribution in [1.82, 2.24) is 10.6 Å². The molecule has 3 N–H and O–H groups in total. The van der Waals surface area contributed by atoms with Crippen LogP contribution in [0.15, 0.2) is 0 Å². The largest absolute Gasteiger partial charge is 0.481 e. The Bertz CT molecular complexity index is 327. The molecule has 1 heterocycles. The smallest absolute Gasteiger partial charge is 0.308 e. The number of rotatable bonds is 5. The average molecular weight is 242 g/mol. The van der Waals surface area contributed by atoms with Crippen molar-refractivity contribution in [3.05, 3.63) is 0 Å². The fourth-order valence-electron chi connectivity index (χ4n) is 1.75. The van der Waals surface area contributed by atoms with Crippen LogP contribution in [0.5, 0.6) is 0 Å². The van der Waals surface area contributed by atoms with Gasteiger partial charge in [0.1, 0.15) is 6.04 Å². The van der Waals surface area contributed by atoms with Crippen molar-refractivity contribution in [2.45, 2.75) is 32.7 Å². The topological polar surface area (TPSA) is 95.5 Å². The minimum atomic E-state index is -0.921. The van der Waals surface area contributed by atoms with Crippen molar-refractivity contribution >= 4 is 17.8 Å². The lowest BCUT2D eigenvalue weighted by atomic mass is 9.96. The number of aliphatic carboxylic acids is 1. The van der Waals surface area contributed by atoms with Gasteiger partial charge in [-0.15, -0.1) is 0 Å². The van der Waals surface area contributed by atoms with E-state index in [2.05, 4.69) is 10.6 Å². The second kappa shape index (κ2) is 5.65. The molecule has 0 bridgehead atoms. The fourth-order valence-corrected chi connectivity index (χ4v) is 1.75. The van der Waals surface area contributed by atoms with Crippen molar-refractivity contribution in [2.24, 2.45) is 11.8 Å². The first-order valence-electron chi connectivity index (χ1n) is 5.71. The lowest BCUT2D eigenvalue weighted by Gasteiger charge is -2.18. The normalized spacial score (nSPS) is 21.1. The third kappa shape index (κ3) is 3.72. The van der Waals surface area contributed by atoms with Crippen LogP contribution < -0.4 is 10.6 Å². The molecule has 0 aromatic rings. The Hall–Kier alpha value is -1.59. The Balaban J connectivity index is 2.41.